The van der Waals surface area contributed by atoms with Crippen LogP contribution < -0.4 is 5.32 Å². The van der Waals surface area contributed by atoms with Crippen molar-refractivity contribution in [2.75, 3.05) is 39.9 Å². The van der Waals surface area contributed by atoms with E-state index in [0.29, 0.717) is 25.7 Å². The molecule has 0 amide bonds. The van der Waals surface area contributed by atoms with Crippen molar-refractivity contribution in [2.24, 2.45) is 0 Å². The second kappa shape index (κ2) is 5.67. The summed E-state index contributed by atoms with van der Waals surface area (Å²) in [6, 6.07) is 0.310. The summed E-state index contributed by atoms with van der Waals surface area (Å²) in [5.74, 6) is 0. The van der Waals surface area contributed by atoms with Gasteiger partial charge in [-0.15, -0.1) is 0 Å². The fourth-order valence-corrected chi connectivity index (χ4v) is 1.54. The molecule has 1 fully saturated rings. The van der Waals surface area contributed by atoms with Crippen LogP contribution in [0, 0.1) is 0 Å². The number of alkyl halides is 3. The highest BCUT2D eigenvalue weighted by molar-refractivity contribution is 4.71. The molecule has 1 saturated heterocycles. The van der Waals surface area contributed by atoms with Crippen molar-refractivity contribution in [1.29, 1.82) is 0 Å². The summed E-state index contributed by atoms with van der Waals surface area (Å²) in [4.78, 5) is 1.27. The predicted molar refractivity (Wildman–Crippen MR) is 50.8 cm³/mol. The molecule has 0 aromatic heterocycles. The number of nitrogens with zero attached hydrogens (tertiary/aromatic N) is 1. The van der Waals surface area contributed by atoms with Crippen LogP contribution in [0.15, 0.2) is 0 Å². The van der Waals surface area contributed by atoms with E-state index < -0.39 is 12.7 Å². The van der Waals surface area contributed by atoms with E-state index in [1.165, 1.54) is 11.9 Å². The lowest BCUT2D eigenvalue weighted by atomic mass is 10.2. The zero-order valence-electron chi connectivity index (χ0n) is 8.81. The Kier molecular flexibility index (Phi) is 4.82. The molecule has 0 bridgehead atoms. The second-order valence-electron chi connectivity index (χ2n) is 3.87. The maximum absolute atomic E-state index is 12.0. The van der Waals surface area contributed by atoms with Crippen LogP contribution in [0.25, 0.3) is 0 Å². The van der Waals surface area contributed by atoms with Crippen LogP contribution in [0.5, 0.6) is 0 Å². The van der Waals surface area contributed by atoms with Crippen LogP contribution in [-0.4, -0.2) is 57.0 Å². The molecule has 0 aromatic rings. The van der Waals surface area contributed by atoms with Crippen molar-refractivity contribution in [3.8, 4) is 0 Å². The van der Waals surface area contributed by atoms with Crippen molar-refractivity contribution in [3.05, 3.63) is 0 Å². The molecule has 1 heterocycles. The first-order chi connectivity index (χ1) is 6.97. The molecule has 15 heavy (non-hydrogen) atoms. The van der Waals surface area contributed by atoms with Crippen molar-refractivity contribution in [3.63, 3.8) is 0 Å². The first-order valence-corrected chi connectivity index (χ1v) is 5.04. The summed E-state index contributed by atoms with van der Waals surface area (Å²) in [6.07, 6.45) is -3.16. The van der Waals surface area contributed by atoms with Gasteiger partial charge in [-0.2, -0.15) is 13.2 Å². The molecule has 1 aliphatic heterocycles. The first-order valence-electron chi connectivity index (χ1n) is 5.04. The lowest BCUT2D eigenvalue weighted by molar-refractivity contribution is -0.142. The maximum atomic E-state index is 12.0. The highest BCUT2D eigenvalue weighted by atomic mass is 19.4. The Morgan fingerprint density at radius 2 is 2.20 bits per heavy atom. The molecule has 1 rings (SSSR count). The van der Waals surface area contributed by atoms with E-state index in [4.69, 9.17) is 4.74 Å². The van der Waals surface area contributed by atoms with E-state index in [1.54, 1.807) is 0 Å². The average Bonchev–Trinajstić information content (AvgIpc) is 2.53. The van der Waals surface area contributed by atoms with Gasteiger partial charge >= 0.3 is 6.18 Å². The summed E-state index contributed by atoms with van der Waals surface area (Å²) in [5, 5.41) is 3.16. The van der Waals surface area contributed by atoms with Gasteiger partial charge in [0.25, 0.3) is 0 Å². The Hall–Kier alpha value is -0.330. The molecule has 0 saturated carbocycles. The zero-order valence-corrected chi connectivity index (χ0v) is 8.81. The predicted octanol–water partition coefficient (Wildman–Crippen LogP) is 0.859. The number of hydrogen-bond donors (Lipinski definition) is 1. The van der Waals surface area contributed by atoms with E-state index in [0.717, 1.165) is 13.0 Å². The topological polar surface area (TPSA) is 24.5 Å². The fraction of sp³-hybridized carbons (Fsp3) is 1.00. The summed E-state index contributed by atoms with van der Waals surface area (Å²) in [7, 11) is 1.47. The zero-order chi connectivity index (χ0) is 11.3. The highest BCUT2D eigenvalue weighted by Crippen LogP contribution is 2.15. The monoisotopic (exact) mass is 226 g/mol. The van der Waals surface area contributed by atoms with Crippen LogP contribution in [0.1, 0.15) is 6.42 Å². The maximum Gasteiger partial charge on any atom is 0.401 e. The van der Waals surface area contributed by atoms with E-state index in [-0.39, 0.29) is 0 Å². The van der Waals surface area contributed by atoms with E-state index in [2.05, 4.69) is 5.32 Å². The van der Waals surface area contributed by atoms with Crippen LogP contribution in [-0.2, 0) is 4.74 Å². The lowest BCUT2D eigenvalue weighted by Crippen LogP contribution is -2.39. The molecule has 3 nitrogen and oxygen atoms in total. The van der Waals surface area contributed by atoms with Crippen molar-refractivity contribution in [2.45, 2.75) is 18.6 Å². The van der Waals surface area contributed by atoms with Gasteiger partial charge in [0, 0.05) is 25.7 Å². The quantitative estimate of drug-likeness (QED) is 0.752. The van der Waals surface area contributed by atoms with E-state index >= 15 is 0 Å². The summed E-state index contributed by atoms with van der Waals surface area (Å²) < 4.78 is 41.0. The van der Waals surface area contributed by atoms with Crippen molar-refractivity contribution in [1.82, 2.24) is 10.2 Å². The third kappa shape index (κ3) is 5.96. The molecule has 1 unspecified atom stereocenters. The summed E-state index contributed by atoms with van der Waals surface area (Å²) >= 11 is 0. The van der Waals surface area contributed by atoms with Gasteiger partial charge in [0.1, 0.15) is 0 Å². The minimum atomic E-state index is -4.11. The highest BCUT2D eigenvalue weighted by Gasteiger charge is 2.28. The van der Waals surface area contributed by atoms with Crippen LogP contribution >= 0.6 is 0 Å². The smallest absolute Gasteiger partial charge is 0.380 e. The molecule has 1 N–H and O–H groups in total. The van der Waals surface area contributed by atoms with Gasteiger partial charge in [0.2, 0.25) is 0 Å². The van der Waals surface area contributed by atoms with Gasteiger partial charge < -0.3 is 10.1 Å². The van der Waals surface area contributed by atoms with Gasteiger partial charge in [-0.1, -0.05) is 0 Å². The minimum absolute atomic E-state index is 0.310. The Labute approximate surface area is 87.6 Å². The summed E-state index contributed by atoms with van der Waals surface area (Å²) in [6.45, 7) is 1.53. The number of halogens is 3. The third-order valence-electron chi connectivity index (χ3n) is 2.31. The first kappa shape index (κ1) is 12.7. The molecule has 6 heteroatoms. The number of hydrogen-bond acceptors (Lipinski definition) is 3. The van der Waals surface area contributed by atoms with Crippen LogP contribution in [0.3, 0.4) is 0 Å². The van der Waals surface area contributed by atoms with Gasteiger partial charge in [-0.3, -0.25) is 4.90 Å². The standard InChI is InChI=1S/C9H17F3N2O/c1-14(7-9(10,11)12)4-3-13-8-2-5-15-6-8/h8,13H,2-7H2,1H3. The SMILES string of the molecule is CN(CCNC1CCOC1)CC(F)(F)F. The molecular weight excluding hydrogens is 209 g/mol. The van der Waals surface area contributed by atoms with Crippen LogP contribution in [0.4, 0.5) is 13.2 Å². The number of nitrogens with one attached hydrogen (secondary N) is 1. The second-order valence-corrected chi connectivity index (χ2v) is 3.87. The molecule has 0 aliphatic carbocycles. The molecule has 1 aliphatic rings. The Bertz CT molecular complexity index is 181. The Balaban J connectivity index is 2.03. The molecule has 0 aromatic carbocycles. The molecule has 0 radical (unpaired) electrons. The minimum Gasteiger partial charge on any atom is -0.380 e. The number of ether oxygens (including phenoxy) is 1. The normalized spacial score (nSPS) is 22.6. The van der Waals surface area contributed by atoms with E-state index in [1.807, 2.05) is 0 Å². The van der Waals surface area contributed by atoms with E-state index in [9.17, 15) is 13.2 Å². The fourth-order valence-electron chi connectivity index (χ4n) is 1.54. The van der Waals surface area contributed by atoms with Gasteiger partial charge in [-0.25, -0.2) is 0 Å². The molecule has 90 valence electrons. The Morgan fingerprint density at radius 3 is 2.73 bits per heavy atom. The molecular formula is C9H17F3N2O. The number of likely N-dealkylation sites (N-methyl/N-ethyl adjacent to an activating group) is 1. The van der Waals surface area contributed by atoms with Crippen molar-refractivity contribution >= 4 is 0 Å². The molecule has 1 atom stereocenters. The summed E-state index contributed by atoms with van der Waals surface area (Å²) in [5.41, 5.74) is 0. The van der Waals surface area contributed by atoms with Gasteiger partial charge in [0.15, 0.2) is 0 Å². The average molecular weight is 226 g/mol. The Morgan fingerprint density at radius 1 is 1.47 bits per heavy atom. The number of rotatable bonds is 5. The van der Waals surface area contributed by atoms with Gasteiger partial charge in [-0.05, 0) is 13.5 Å². The third-order valence-corrected chi connectivity index (χ3v) is 2.31. The lowest BCUT2D eigenvalue weighted by Gasteiger charge is -2.19. The van der Waals surface area contributed by atoms with Gasteiger partial charge in [0.05, 0.1) is 13.2 Å². The largest absolute Gasteiger partial charge is 0.401 e. The van der Waals surface area contributed by atoms with Crippen molar-refractivity contribution < 1.29 is 17.9 Å². The van der Waals surface area contributed by atoms with Crippen LogP contribution in [0.2, 0.25) is 0 Å². The molecule has 0 spiro atoms.